The molecule has 0 amide bonds. The summed E-state index contributed by atoms with van der Waals surface area (Å²) < 4.78 is 11.7. The molecule has 0 N–H and O–H groups in total. The summed E-state index contributed by atoms with van der Waals surface area (Å²) in [5.74, 6) is 0. The van der Waals surface area contributed by atoms with E-state index in [1.807, 2.05) is 36.4 Å². The quantitative estimate of drug-likeness (QED) is 0.702. The van der Waals surface area contributed by atoms with Crippen molar-refractivity contribution in [3.05, 3.63) is 48.6 Å². The third-order valence-corrected chi connectivity index (χ3v) is 10.8. The third kappa shape index (κ3) is 10.6. The van der Waals surface area contributed by atoms with Gasteiger partial charge in [0.1, 0.15) is 9.76 Å². The van der Waals surface area contributed by atoms with E-state index < -0.39 is 16.9 Å². The molecule has 21 heavy (non-hydrogen) atoms. The summed E-state index contributed by atoms with van der Waals surface area (Å²) in [4.78, 5) is 0. The lowest BCUT2D eigenvalue weighted by molar-refractivity contribution is 0.412. The average Bonchev–Trinajstić information content (AvgIpc) is 2.36. The maximum absolute atomic E-state index is 5.96. The maximum Gasteiger partial charge on any atom is 0.310 e. The van der Waals surface area contributed by atoms with Crippen LogP contribution in [-0.4, -0.2) is 26.6 Å². The van der Waals surface area contributed by atoms with Gasteiger partial charge in [-0.3, -0.25) is 0 Å². The number of hydrogen-bond donors (Lipinski definition) is 0. The lowest BCUT2D eigenvalue weighted by Gasteiger charge is -2.30. The normalized spacial score (nSPS) is 11.9. The van der Waals surface area contributed by atoms with Gasteiger partial charge < -0.3 is 8.23 Å². The molecule has 0 atom stereocenters. The van der Waals surface area contributed by atoms with Crippen LogP contribution in [0.15, 0.2) is 37.4 Å². The van der Waals surface area contributed by atoms with E-state index in [2.05, 4.69) is 52.4 Å². The van der Waals surface area contributed by atoms with Gasteiger partial charge in [-0.05, 0) is 49.9 Å². The summed E-state index contributed by atoms with van der Waals surface area (Å²) in [7, 11) is -3.39. The fraction of sp³-hybridized carbons (Fsp3) is 0.375. The fourth-order valence-corrected chi connectivity index (χ4v) is 11.4. The molecule has 2 nitrogen and oxygen atoms in total. The highest BCUT2D eigenvalue weighted by Gasteiger charge is 2.30. The van der Waals surface area contributed by atoms with Crippen LogP contribution >= 0.6 is 0 Å². The standard InChI is InChI=1S/C10H10.C6H20O2Si3/c1-3-9-6-5-7-10(4-2)8-9;1-9-7-11(5,6)8-10(2,3)4/h3-8H,1-2H2;9H2,1-6H3. The molecule has 0 unspecified atom stereocenters. The van der Waals surface area contributed by atoms with Crippen molar-refractivity contribution in [2.75, 3.05) is 0 Å². The smallest absolute Gasteiger partial charge is 0.310 e. The van der Waals surface area contributed by atoms with Crippen LogP contribution in [0.3, 0.4) is 0 Å². The molecule has 0 aliphatic rings. The highest BCUT2D eigenvalue weighted by molar-refractivity contribution is 6.82. The Bertz CT molecular complexity index is 428. The molecule has 0 aromatic heterocycles. The van der Waals surface area contributed by atoms with Crippen molar-refractivity contribution in [1.82, 2.24) is 0 Å². The van der Waals surface area contributed by atoms with Gasteiger partial charge in [-0.25, -0.2) is 0 Å². The van der Waals surface area contributed by atoms with Gasteiger partial charge in [-0.1, -0.05) is 50.1 Å². The van der Waals surface area contributed by atoms with Gasteiger partial charge >= 0.3 is 8.56 Å². The highest BCUT2D eigenvalue weighted by Crippen LogP contribution is 2.14. The van der Waals surface area contributed by atoms with Gasteiger partial charge in [0.15, 0.2) is 8.32 Å². The van der Waals surface area contributed by atoms with Crippen LogP contribution in [0.1, 0.15) is 11.1 Å². The Kier molecular flexibility index (Phi) is 9.00. The second-order valence-corrected chi connectivity index (χ2v) is 15.7. The Morgan fingerprint density at radius 2 is 1.48 bits per heavy atom. The molecule has 0 radical (unpaired) electrons. The van der Waals surface area contributed by atoms with Crippen LogP contribution in [-0.2, 0) is 8.23 Å². The first kappa shape index (κ1) is 20.3. The van der Waals surface area contributed by atoms with Crippen molar-refractivity contribution in [3.63, 3.8) is 0 Å². The van der Waals surface area contributed by atoms with Crippen LogP contribution in [0.2, 0.25) is 39.3 Å². The maximum atomic E-state index is 5.96. The third-order valence-electron chi connectivity index (χ3n) is 2.43. The molecule has 0 spiro atoms. The highest BCUT2D eigenvalue weighted by atomic mass is 28.5. The van der Waals surface area contributed by atoms with E-state index in [9.17, 15) is 0 Å². The van der Waals surface area contributed by atoms with Crippen LogP contribution < -0.4 is 0 Å². The molecule has 118 valence electrons. The van der Waals surface area contributed by atoms with Crippen molar-refractivity contribution < 1.29 is 8.23 Å². The lowest BCUT2D eigenvalue weighted by Crippen LogP contribution is -2.45. The predicted octanol–water partition coefficient (Wildman–Crippen LogP) is 4.66. The Labute approximate surface area is 135 Å². The SMILES string of the molecule is C=Cc1cccc(C=C)c1.C[SiH2]O[Si](C)(C)O[Si](C)(C)C. The summed E-state index contributed by atoms with van der Waals surface area (Å²) in [5, 5.41) is 0. The van der Waals surface area contributed by atoms with E-state index in [0.29, 0.717) is 0 Å². The molecular weight excluding hydrogens is 308 g/mol. The van der Waals surface area contributed by atoms with E-state index in [4.69, 9.17) is 8.23 Å². The number of hydrogen-bond acceptors (Lipinski definition) is 2. The summed E-state index contributed by atoms with van der Waals surface area (Å²) in [6, 6.07) is 8.06. The largest absolute Gasteiger partial charge is 0.442 e. The Morgan fingerprint density at radius 3 is 1.81 bits per heavy atom. The average molecular weight is 339 g/mol. The second-order valence-electron chi connectivity index (χ2n) is 6.13. The first-order chi connectivity index (χ1) is 9.63. The molecule has 1 aromatic carbocycles. The van der Waals surface area contributed by atoms with Crippen molar-refractivity contribution in [1.29, 1.82) is 0 Å². The summed E-state index contributed by atoms with van der Waals surface area (Å²) in [6.45, 7) is 20.4. The summed E-state index contributed by atoms with van der Waals surface area (Å²) in [5.41, 5.74) is 2.27. The monoisotopic (exact) mass is 338 g/mol. The zero-order valence-electron chi connectivity index (χ0n) is 14.4. The molecule has 1 aromatic rings. The Balaban J connectivity index is 0.000000382. The topological polar surface area (TPSA) is 18.5 Å². The molecule has 5 heteroatoms. The molecule has 0 saturated heterocycles. The summed E-state index contributed by atoms with van der Waals surface area (Å²) >= 11 is 0. The minimum Gasteiger partial charge on any atom is -0.442 e. The van der Waals surface area contributed by atoms with Crippen molar-refractivity contribution >= 4 is 38.8 Å². The zero-order chi connectivity index (χ0) is 16.5. The second kappa shape index (κ2) is 9.32. The molecule has 1 rings (SSSR count). The van der Waals surface area contributed by atoms with E-state index >= 15 is 0 Å². The molecule has 0 bridgehead atoms. The van der Waals surface area contributed by atoms with Gasteiger partial charge in [-0.15, -0.1) is 0 Å². The van der Waals surface area contributed by atoms with E-state index in [1.54, 1.807) is 0 Å². The van der Waals surface area contributed by atoms with Gasteiger partial charge in [0.05, 0.1) is 0 Å². The lowest BCUT2D eigenvalue weighted by atomic mass is 10.1. The first-order valence-corrected chi connectivity index (χ1v) is 15.5. The van der Waals surface area contributed by atoms with Crippen LogP contribution in [0, 0.1) is 0 Å². The van der Waals surface area contributed by atoms with E-state index in [-0.39, 0.29) is 9.76 Å². The molecule has 0 heterocycles. The van der Waals surface area contributed by atoms with Gasteiger partial charge in [0.25, 0.3) is 0 Å². The molecule has 0 fully saturated rings. The van der Waals surface area contributed by atoms with Crippen molar-refractivity contribution in [3.8, 4) is 0 Å². The predicted molar refractivity (Wildman–Crippen MR) is 104 cm³/mol. The fourth-order valence-electron chi connectivity index (χ4n) is 1.93. The van der Waals surface area contributed by atoms with E-state index in [0.717, 1.165) is 11.1 Å². The zero-order valence-corrected chi connectivity index (χ0v) is 17.8. The Hall–Kier alpha value is -0.729. The van der Waals surface area contributed by atoms with Crippen LogP contribution in [0.4, 0.5) is 0 Å². The van der Waals surface area contributed by atoms with Gasteiger partial charge in [0.2, 0.25) is 0 Å². The van der Waals surface area contributed by atoms with Crippen molar-refractivity contribution in [2.24, 2.45) is 0 Å². The minimum atomic E-state index is -1.72. The van der Waals surface area contributed by atoms with Crippen LogP contribution in [0.5, 0.6) is 0 Å². The minimum absolute atomic E-state index is 0.300. The molecule has 0 aliphatic carbocycles. The van der Waals surface area contributed by atoms with Crippen LogP contribution in [0.25, 0.3) is 12.2 Å². The Morgan fingerprint density at radius 1 is 1.00 bits per heavy atom. The number of benzene rings is 1. The van der Waals surface area contributed by atoms with Gasteiger partial charge in [0, 0.05) is 0 Å². The van der Waals surface area contributed by atoms with E-state index in [1.165, 1.54) is 0 Å². The molecular formula is C16H30O2Si3. The molecule has 0 saturated carbocycles. The first-order valence-electron chi connectivity index (χ1n) is 7.32. The van der Waals surface area contributed by atoms with Crippen molar-refractivity contribution in [2.45, 2.75) is 39.3 Å². The molecule has 0 aliphatic heterocycles. The number of rotatable bonds is 6. The van der Waals surface area contributed by atoms with Gasteiger partial charge in [-0.2, -0.15) is 0 Å². The summed E-state index contributed by atoms with van der Waals surface area (Å²) in [6.07, 6.45) is 3.65.